The van der Waals surface area contributed by atoms with Crippen LogP contribution in [0.1, 0.15) is 25.8 Å². The molecule has 3 nitrogen and oxygen atoms in total. The SMILES string of the molecule is COc1cccc(SC)c1C(C)(C)CC(=O)O. The summed E-state index contributed by atoms with van der Waals surface area (Å²) in [6.07, 6.45) is 2.07. The smallest absolute Gasteiger partial charge is 0.304 e. The average Bonchev–Trinajstić information content (AvgIpc) is 2.26. The maximum absolute atomic E-state index is 10.9. The highest BCUT2D eigenvalue weighted by atomic mass is 32.2. The second kappa shape index (κ2) is 5.45. The predicted octanol–water partition coefficient (Wildman–Crippen LogP) is 3.17. The van der Waals surface area contributed by atoms with Gasteiger partial charge >= 0.3 is 5.97 Å². The van der Waals surface area contributed by atoms with Crippen molar-refractivity contribution in [3.63, 3.8) is 0 Å². The minimum absolute atomic E-state index is 0.0843. The summed E-state index contributed by atoms with van der Waals surface area (Å²) < 4.78 is 5.35. The number of hydrogen-bond donors (Lipinski definition) is 1. The van der Waals surface area contributed by atoms with E-state index in [1.807, 2.05) is 38.3 Å². The molecule has 0 saturated heterocycles. The van der Waals surface area contributed by atoms with Crippen molar-refractivity contribution < 1.29 is 14.6 Å². The fourth-order valence-electron chi connectivity index (χ4n) is 1.98. The van der Waals surface area contributed by atoms with Gasteiger partial charge in [-0.3, -0.25) is 4.79 Å². The second-order valence-corrected chi connectivity index (χ2v) is 5.34. The predicted molar refractivity (Wildman–Crippen MR) is 70.1 cm³/mol. The molecule has 0 saturated carbocycles. The number of thioether (sulfide) groups is 1. The van der Waals surface area contributed by atoms with Crippen LogP contribution in [-0.4, -0.2) is 24.4 Å². The topological polar surface area (TPSA) is 46.5 Å². The molecule has 0 fully saturated rings. The third-order valence-electron chi connectivity index (χ3n) is 2.70. The summed E-state index contributed by atoms with van der Waals surface area (Å²) in [7, 11) is 1.61. The molecule has 0 unspecified atom stereocenters. The molecule has 1 aromatic rings. The van der Waals surface area contributed by atoms with Gasteiger partial charge in [-0.1, -0.05) is 19.9 Å². The van der Waals surface area contributed by atoms with Crippen molar-refractivity contribution in [1.29, 1.82) is 0 Å². The van der Waals surface area contributed by atoms with Crippen LogP contribution in [0, 0.1) is 0 Å². The van der Waals surface area contributed by atoms with Crippen molar-refractivity contribution in [2.75, 3.05) is 13.4 Å². The van der Waals surface area contributed by atoms with Crippen molar-refractivity contribution in [3.05, 3.63) is 23.8 Å². The van der Waals surface area contributed by atoms with Crippen molar-refractivity contribution in [1.82, 2.24) is 0 Å². The fraction of sp³-hybridized carbons (Fsp3) is 0.462. The Labute approximate surface area is 106 Å². The zero-order chi connectivity index (χ0) is 13.1. The van der Waals surface area contributed by atoms with Crippen LogP contribution in [-0.2, 0) is 10.2 Å². The van der Waals surface area contributed by atoms with Gasteiger partial charge in [0, 0.05) is 15.9 Å². The number of methoxy groups -OCH3 is 1. The summed E-state index contributed by atoms with van der Waals surface area (Å²) in [6, 6.07) is 5.79. The standard InChI is InChI=1S/C13H18O3S/c1-13(2,8-11(14)15)12-9(16-3)6-5-7-10(12)17-4/h5-7H,8H2,1-4H3,(H,14,15). The molecule has 0 atom stereocenters. The maximum Gasteiger partial charge on any atom is 0.304 e. The number of ether oxygens (including phenoxy) is 1. The molecule has 0 aromatic heterocycles. The molecule has 0 bridgehead atoms. The summed E-state index contributed by atoms with van der Waals surface area (Å²) in [5, 5.41) is 8.99. The van der Waals surface area contributed by atoms with E-state index in [1.165, 1.54) is 0 Å². The van der Waals surface area contributed by atoms with Crippen LogP contribution in [0.4, 0.5) is 0 Å². The van der Waals surface area contributed by atoms with E-state index in [0.29, 0.717) is 0 Å². The largest absolute Gasteiger partial charge is 0.496 e. The van der Waals surface area contributed by atoms with Crippen molar-refractivity contribution in [2.24, 2.45) is 0 Å². The summed E-state index contributed by atoms with van der Waals surface area (Å²) >= 11 is 1.61. The second-order valence-electron chi connectivity index (χ2n) is 4.49. The van der Waals surface area contributed by atoms with E-state index >= 15 is 0 Å². The molecule has 1 rings (SSSR count). The minimum atomic E-state index is -0.798. The highest BCUT2D eigenvalue weighted by molar-refractivity contribution is 7.98. The number of carbonyl (C=O) groups is 1. The highest BCUT2D eigenvalue weighted by Crippen LogP contribution is 2.40. The molecule has 0 heterocycles. The molecule has 0 aliphatic carbocycles. The van der Waals surface area contributed by atoms with Gasteiger partial charge < -0.3 is 9.84 Å². The van der Waals surface area contributed by atoms with E-state index in [2.05, 4.69) is 0 Å². The van der Waals surface area contributed by atoms with Crippen molar-refractivity contribution in [3.8, 4) is 5.75 Å². The quantitative estimate of drug-likeness (QED) is 0.820. The Bertz CT molecular complexity index is 391. The lowest BCUT2D eigenvalue weighted by Crippen LogP contribution is -2.23. The third kappa shape index (κ3) is 3.16. The van der Waals surface area contributed by atoms with Gasteiger partial charge in [0.05, 0.1) is 13.5 Å². The average molecular weight is 254 g/mol. The van der Waals surface area contributed by atoms with Crippen LogP contribution < -0.4 is 4.74 Å². The van der Waals surface area contributed by atoms with E-state index < -0.39 is 11.4 Å². The van der Waals surface area contributed by atoms with Crippen molar-refractivity contribution in [2.45, 2.75) is 30.6 Å². The number of carboxylic acid groups (broad SMARTS) is 1. The Kier molecular flexibility index (Phi) is 4.46. The molecule has 4 heteroatoms. The van der Waals surface area contributed by atoms with Gasteiger partial charge in [0.25, 0.3) is 0 Å². The number of hydrogen-bond acceptors (Lipinski definition) is 3. The summed E-state index contributed by atoms with van der Waals surface area (Å²) in [4.78, 5) is 12.0. The Morgan fingerprint density at radius 3 is 2.59 bits per heavy atom. The van der Waals surface area contributed by atoms with Gasteiger partial charge in [-0.2, -0.15) is 0 Å². The van der Waals surface area contributed by atoms with E-state index in [9.17, 15) is 4.79 Å². The lowest BCUT2D eigenvalue weighted by molar-refractivity contribution is -0.138. The number of benzene rings is 1. The summed E-state index contributed by atoms with van der Waals surface area (Å²) in [5.74, 6) is -0.0453. The Balaban J connectivity index is 3.30. The molecule has 1 aromatic carbocycles. The van der Waals surface area contributed by atoms with E-state index in [0.717, 1.165) is 16.2 Å². The normalized spacial score (nSPS) is 11.3. The van der Waals surface area contributed by atoms with Crippen LogP contribution in [0.15, 0.2) is 23.1 Å². The van der Waals surface area contributed by atoms with Crippen molar-refractivity contribution >= 4 is 17.7 Å². The highest BCUT2D eigenvalue weighted by Gasteiger charge is 2.29. The van der Waals surface area contributed by atoms with Gasteiger partial charge in [-0.05, 0) is 18.4 Å². The number of rotatable bonds is 5. The molecule has 0 amide bonds. The van der Waals surface area contributed by atoms with E-state index in [-0.39, 0.29) is 6.42 Å². The van der Waals surface area contributed by atoms with Gasteiger partial charge in [0.15, 0.2) is 0 Å². The molecular formula is C13H18O3S. The minimum Gasteiger partial charge on any atom is -0.496 e. The van der Waals surface area contributed by atoms with Crippen LogP contribution in [0.2, 0.25) is 0 Å². The first-order valence-corrected chi connectivity index (χ1v) is 6.58. The lowest BCUT2D eigenvalue weighted by atomic mass is 9.81. The molecule has 0 radical (unpaired) electrons. The van der Waals surface area contributed by atoms with E-state index in [1.54, 1.807) is 18.9 Å². The molecule has 0 aliphatic heterocycles. The van der Waals surface area contributed by atoms with Gasteiger partial charge in [0.2, 0.25) is 0 Å². The fourth-order valence-corrected chi connectivity index (χ4v) is 2.78. The van der Waals surface area contributed by atoms with E-state index in [4.69, 9.17) is 9.84 Å². The van der Waals surface area contributed by atoms with Gasteiger partial charge in [-0.15, -0.1) is 11.8 Å². The summed E-state index contributed by atoms with van der Waals surface area (Å²) in [6.45, 7) is 3.86. The first kappa shape index (κ1) is 13.9. The third-order valence-corrected chi connectivity index (χ3v) is 3.48. The monoisotopic (exact) mass is 254 g/mol. The zero-order valence-electron chi connectivity index (χ0n) is 10.6. The van der Waals surface area contributed by atoms with Crippen LogP contribution in [0.25, 0.3) is 0 Å². The Morgan fingerprint density at radius 2 is 2.12 bits per heavy atom. The lowest BCUT2D eigenvalue weighted by Gasteiger charge is -2.27. The van der Waals surface area contributed by atoms with Crippen LogP contribution in [0.5, 0.6) is 5.75 Å². The van der Waals surface area contributed by atoms with Crippen LogP contribution >= 0.6 is 11.8 Å². The Hall–Kier alpha value is -1.16. The molecule has 0 aliphatic rings. The molecule has 94 valence electrons. The van der Waals surface area contributed by atoms with Crippen LogP contribution in [0.3, 0.4) is 0 Å². The summed E-state index contributed by atoms with van der Waals surface area (Å²) in [5.41, 5.74) is 0.522. The Morgan fingerprint density at radius 1 is 1.47 bits per heavy atom. The molecular weight excluding hydrogens is 236 g/mol. The molecule has 1 N–H and O–H groups in total. The zero-order valence-corrected chi connectivity index (χ0v) is 11.4. The first-order chi connectivity index (χ1) is 7.92. The van der Waals surface area contributed by atoms with Gasteiger partial charge in [0.1, 0.15) is 5.75 Å². The number of aliphatic carboxylic acids is 1. The first-order valence-electron chi connectivity index (χ1n) is 5.35. The van der Waals surface area contributed by atoms with Gasteiger partial charge in [-0.25, -0.2) is 0 Å². The molecule has 0 spiro atoms. The molecule has 17 heavy (non-hydrogen) atoms. The number of carboxylic acids is 1. The maximum atomic E-state index is 10.9.